The van der Waals surface area contributed by atoms with Crippen molar-refractivity contribution in [2.45, 2.75) is 19.3 Å². The van der Waals surface area contributed by atoms with Gasteiger partial charge in [0, 0.05) is 18.2 Å². The molecular weight excluding hydrogens is 228 g/mol. The third-order valence-corrected chi connectivity index (χ3v) is 2.82. The number of nitrogen functional groups attached to an aromatic ring is 1. The molecule has 2 aromatic rings. The van der Waals surface area contributed by atoms with Crippen LogP contribution >= 0.6 is 0 Å². The molecule has 4 nitrogen and oxygen atoms in total. The number of aliphatic hydroxyl groups excluding tert-OH is 1. The third kappa shape index (κ3) is 2.90. The third-order valence-electron chi connectivity index (χ3n) is 2.82. The lowest BCUT2D eigenvalue weighted by Gasteiger charge is -2.10. The number of fused-ring (bicyclic) bond motifs is 1. The van der Waals surface area contributed by atoms with E-state index in [1.807, 2.05) is 24.3 Å². The van der Waals surface area contributed by atoms with E-state index in [9.17, 15) is 0 Å². The molecule has 0 aliphatic rings. The second-order valence-electron chi connectivity index (χ2n) is 4.19. The Hall–Kier alpha value is -1.81. The van der Waals surface area contributed by atoms with E-state index >= 15 is 0 Å². The summed E-state index contributed by atoms with van der Waals surface area (Å²) in [7, 11) is 0. The average Bonchev–Trinajstić information content (AvgIpc) is 2.41. The van der Waals surface area contributed by atoms with E-state index in [2.05, 4.69) is 4.98 Å². The molecule has 0 unspecified atom stereocenters. The zero-order valence-corrected chi connectivity index (χ0v) is 10.3. The van der Waals surface area contributed by atoms with Crippen molar-refractivity contribution >= 4 is 16.6 Å². The SMILES string of the molecule is Nc1ccc(OCCCCCO)c2cccnc12. The summed E-state index contributed by atoms with van der Waals surface area (Å²) >= 11 is 0. The number of nitrogens with zero attached hydrogens (tertiary/aromatic N) is 1. The zero-order chi connectivity index (χ0) is 12.8. The fourth-order valence-electron chi connectivity index (χ4n) is 1.87. The maximum atomic E-state index is 8.69. The smallest absolute Gasteiger partial charge is 0.128 e. The Labute approximate surface area is 106 Å². The average molecular weight is 246 g/mol. The van der Waals surface area contributed by atoms with Crippen LogP contribution in [0.1, 0.15) is 19.3 Å². The number of ether oxygens (including phenoxy) is 1. The van der Waals surface area contributed by atoms with Gasteiger partial charge in [-0.2, -0.15) is 0 Å². The van der Waals surface area contributed by atoms with Gasteiger partial charge in [-0.05, 0) is 43.5 Å². The maximum absolute atomic E-state index is 8.69. The van der Waals surface area contributed by atoms with E-state index in [4.69, 9.17) is 15.6 Å². The van der Waals surface area contributed by atoms with Gasteiger partial charge in [-0.15, -0.1) is 0 Å². The highest BCUT2D eigenvalue weighted by molar-refractivity contribution is 5.93. The van der Waals surface area contributed by atoms with Crippen LogP contribution in [0.2, 0.25) is 0 Å². The van der Waals surface area contributed by atoms with Gasteiger partial charge in [0.25, 0.3) is 0 Å². The molecule has 0 aliphatic carbocycles. The van der Waals surface area contributed by atoms with E-state index in [0.29, 0.717) is 12.3 Å². The minimum atomic E-state index is 0.245. The number of hydrogen-bond acceptors (Lipinski definition) is 4. The van der Waals surface area contributed by atoms with Crippen LogP contribution in [-0.4, -0.2) is 23.3 Å². The van der Waals surface area contributed by atoms with Crippen LogP contribution in [0, 0.1) is 0 Å². The first-order valence-corrected chi connectivity index (χ1v) is 6.20. The number of benzene rings is 1. The molecule has 0 atom stereocenters. The van der Waals surface area contributed by atoms with E-state index in [-0.39, 0.29) is 6.61 Å². The predicted molar refractivity (Wildman–Crippen MR) is 72.6 cm³/mol. The molecule has 0 radical (unpaired) electrons. The van der Waals surface area contributed by atoms with Crippen molar-refractivity contribution in [2.24, 2.45) is 0 Å². The molecule has 2 rings (SSSR count). The van der Waals surface area contributed by atoms with Gasteiger partial charge in [-0.1, -0.05) is 0 Å². The van der Waals surface area contributed by atoms with Gasteiger partial charge in [0.1, 0.15) is 5.75 Å². The summed E-state index contributed by atoms with van der Waals surface area (Å²) in [5.41, 5.74) is 7.32. The summed E-state index contributed by atoms with van der Waals surface area (Å²) in [4.78, 5) is 4.26. The summed E-state index contributed by atoms with van der Waals surface area (Å²) in [5, 5.41) is 9.64. The monoisotopic (exact) mass is 246 g/mol. The molecule has 0 fully saturated rings. The molecule has 0 spiro atoms. The highest BCUT2D eigenvalue weighted by Crippen LogP contribution is 2.28. The highest BCUT2D eigenvalue weighted by Gasteiger charge is 2.05. The van der Waals surface area contributed by atoms with Crippen LogP contribution in [0.5, 0.6) is 5.75 Å². The van der Waals surface area contributed by atoms with Gasteiger partial charge in [-0.25, -0.2) is 0 Å². The minimum absolute atomic E-state index is 0.245. The number of unbranched alkanes of at least 4 members (excludes halogenated alkanes) is 2. The number of rotatable bonds is 6. The molecule has 1 aromatic carbocycles. The van der Waals surface area contributed by atoms with E-state index in [1.54, 1.807) is 6.20 Å². The Morgan fingerprint density at radius 1 is 1.17 bits per heavy atom. The van der Waals surface area contributed by atoms with E-state index in [1.165, 1.54) is 0 Å². The molecule has 18 heavy (non-hydrogen) atoms. The highest BCUT2D eigenvalue weighted by atomic mass is 16.5. The summed E-state index contributed by atoms with van der Waals surface area (Å²) in [5.74, 6) is 0.816. The Morgan fingerprint density at radius 3 is 2.89 bits per heavy atom. The van der Waals surface area contributed by atoms with Crippen LogP contribution in [0.15, 0.2) is 30.5 Å². The summed E-state index contributed by atoms with van der Waals surface area (Å²) in [6.07, 6.45) is 4.46. The Bertz CT molecular complexity index is 514. The quantitative estimate of drug-likeness (QED) is 0.606. The zero-order valence-electron chi connectivity index (χ0n) is 10.3. The molecule has 0 amide bonds. The number of aromatic nitrogens is 1. The summed E-state index contributed by atoms with van der Waals surface area (Å²) in [6.45, 7) is 0.892. The molecule has 96 valence electrons. The molecule has 4 heteroatoms. The van der Waals surface area contributed by atoms with Crippen LogP contribution in [0.4, 0.5) is 5.69 Å². The largest absolute Gasteiger partial charge is 0.493 e. The van der Waals surface area contributed by atoms with Crippen molar-refractivity contribution in [1.82, 2.24) is 4.98 Å². The van der Waals surface area contributed by atoms with Gasteiger partial charge < -0.3 is 15.6 Å². The number of pyridine rings is 1. The van der Waals surface area contributed by atoms with Crippen LogP contribution in [0.25, 0.3) is 10.9 Å². The van der Waals surface area contributed by atoms with Crippen LogP contribution < -0.4 is 10.5 Å². The van der Waals surface area contributed by atoms with E-state index in [0.717, 1.165) is 35.9 Å². The van der Waals surface area contributed by atoms with Gasteiger partial charge in [-0.3, -0.25) is 4.98 Å². The summed E-state index contributed by atoms with van der Waals surface area (Å²) in [6, 6.07) is 7.53. The molecular formula is C14H18N2O2. The predicted octanol–water partition coefficient (Wildman–Crippen LogP) is 2.36. The van der Waals surface area contributed by atoms with Crippen molar-refractivity contribution in [2.75, 3.05) is 18.9 Å². The molecule has 0 saturated carbocycles. The first-order valence-electron chi connectivity index (χ1n) is 6.20. The number of nitrogens with two attached hydrogens (primary N) is 1. The molecule has 0 saturated heterocycles. The lowest BCUT2D eigenvalue weighted by atomic mass is 10.1. The number of hydrogen-bond donors (Lipinski definition) is 2. The lowest BCUT2D eigenvalue weighted by Crippen LogP contribution is -1.99. The molecule has 1 aromatic heterocycles. The summed E-state index contributed by atoms with van der Waals surface area (Å²) < 4.78 is 5.74. The van der Waals surface area contributed by atoms with Gasteiger partial charge >= 0.3 is 0 Å². The first-order chi connectivity index (χ1) is 8.83. The van der Waals surface area contributed by atoms with Crippen molar-refractivity contribution in [3.63, 3.8) is 0 Å². The van der Waals surface area contributed by atoms with Crippen molar-refractivity contribution in [3.05, 3.63) is 30.5 Å². The van der Waals surface area contributed by atoms with Crippen molar-refractivity contribution < 1.29 is 9.84 Å². The second-order valence-corrected chi connectivity index (χ2v) is 4.19. The standard InChI is InChI=1S/C14H18N2O2/c15-12-6-7-13(18-10-3-1-2-9-17)11-5-4-8-16-14(11)12/h4-8,17H,1-3,9-10,15H2. The number of anilines is 1. The lowest BCUT2D eigenvalue weighted by molar-refractivity contribution is 0.267. The molecule has 3 N–H and O–H groups in total. The van der Waals surface area contributed by atoms with Crippen molar-refractivity contribution in [1.29, 1.82) is 0 Å². The fourth-order valence-corrected chi connectivity index (χ4v) is 1.87. The van der Waals surface area contributed by atoms with Gasteiger partial charge in [0.05, 0.1) is 17.8 Å². The Kier molecular flexibility index (Phi) is 4.36. The first kappa shape index (κ1) is 12.6. The van der Waals surface area contributed by atoms with Gasteiger partial charge in [0.15, 0.2) is 0 Å². The van der Waals surface area contributed by atoms with E-state index < -0.39 is 0 Å². The topological polar surface area (TPSA) is 68.4 Å². The fraction of sp³-hybridized carbons (Fsp3) is 0.357. The second kappa shape index (κ2) is 6.21. The Morgan fingerprint density at radius 2 is 2.06 bits per heavy atom. The van der Waals surface area contributed by atoms with Crippen molar-refractivity contribution in [3.8, 4) is 5.75 Å². The van der Waals surface area contributed by atoms with Gasteiger partial charge in [0.2, 0.25) is 0 Å². The normalized spacial score (nSPS) is 10.7. The maximum Gasteiger partial charge on any atom is 0.128 e. The number of aliphatic hydroxyl groups is 1. The molecule has 0 bridgehead atoms. The molecule has 1 heterocycles. The minimum Gasteiger partial charge on any atom is -0.493 e. The Balaban J connectivity index is 2.07. The molecule has 0 aliphatic heterocycles. The van der Waals surface area contributed by atoms with Crippen LogP contribution in [-0.2, 0) is 0 Å². The van der Waals surface area contributed by atoms with Crippen LogP contribution in [0.3, 0.4) is 0 Å².